The molecule has 0 aromatic heterocycles. The van der Waals surface area contributed by atoms with Gasteiger partial charge >= 0.3 is 11.9 Å². The molecule has 0 heterocycles. The van der Waals surface area contributed by atoms with Crippen molar-refractivity contribution in [3.05, 3.63) is 29.3 Å². The van der Waals surface area contributed by atoms with Gasteiger partial charge in [0, 0.05) is 0 Å². The second kappa shape index (κ2) is 6.70. The first-order valence-corrected chi connectivity index (χ1v) is 9.15. The first-order chi connectivity index (χ1) is 11.9. The lowest BCUT2D eigenvalue weighted by Gasteiger charge is -2.14. The number of phenols is 1. The molecule has 0 saturated heterocycles. The highest BCUT2D eigenvalue weighted by Crippen LogP contribution is 2.51. The van der Waals surface area contributed by atoms with Crippen molar-refractivity contribution in [3.63, 3.8) is 0 Å². The van der Waals surface area contributed by atoms with Crippen molar-refractivity contribution in [1.29, 1.82) is 0 Å². The van der Waals surface area contributed by atoms with Crippen LogP contribution < -0.4 is 0 Å². The molecule has 2 aliphatic rings. The Morgan fingerprint density at radius 1 is 0.880 bits per heavy atom. The van der Waals surface area contributed by atoms with Crippen LogP contribution in [0.3, 0.4) is 0 Å². The molecule has 3 N–H and O–H groups in total. The zero-order valence-electron chi connectivity index (χ0n) is 14.5. The van der Waals surface area contributed by atoms with E-state index in [2.05, 4.69) is 0 Å². The van der Waals surface area contributed by atoms with Gasteiger partial charge in [-0.05, 0) is 81.4 Å². The maximum absolute atomic E-state index is 11.3. The highest BCUT2D eigenvalue weighted by atomic mass is 16.4. The molecule has 2 fully saturated rings. The van der Waals surface area contributed by atoms with Gasteiger partial charge in [0.1, 0.15) is 5.75 Å². The Morgan fingerprint density at radius 2 is 1.40 bits per heavy atom. The highest BCUT2D eigenvalue weighted by Gasteiger charge is 2.50. The average molecular weight is 346 g/mol. The Labute approximate surface area is 147 Å². The van der Waals surface area contributed by atoms with E-state index in [1.807, 2.05) is 12.1 Å². The molecule has 0 aliphatic heterocycles. The summed E-state index contributed by atoms with van der Waals surface area (Å²) in [5.74, 6) is -1.13. The van der Waals surface area contributed by atoms with E-state index < -0.39 is 22.8 Å². The fourth-order valence-corrected chi connectivity index (χ4v) is 3.81. The van der Waals surface area contributed by atoms with Gasteiger partial charge in [-0.2, -0.15) is 0 Å². The molecule has 2 saturated carbocycles. The van der Waals surface area contributed by atoms with Crippen molar-refractivity contribution < 1.29 is 24.9 Å². The first kappa shape index (κ1) is 17.8. The fourth-order valence-electron chi connectivity index (χ4n) is 3.81. The summed E-state index contributed by atoms with van der Waals surface area (Å²) in [7, 11) is 0. The fraction of sp³-hybridized carbons (Fsp3) is 0.600. The normalized spacial score (nSPS) is 19.4. The van der Waals surface area contributed by atoms with Crippen LogP contribution in [0, 0.1) is 10.8 Å². The van der Waals surface area contributed by atoms with Crippen molar-refractivity contribution >= 4 is 11.9 Å². The molecule has 1 aromatic carbocycles. The van der Waals surface area contributed by atoms with Gasteiger partial charge < -0.3 is 15.3 Å². The van der Waals surface area contributed by atoms with Crippen LogP contribution in [0.4, 0.5) is 0 Å². The van der Waals surface area contributed by atoms with E-state index >= 15 is 0 Å². The molecule has 5 heteroatoms. The molecule has 0 atom stereocenters. The number of aliphatic carboxylic acids is 2. The van der Waals surface area contributed by atoms with Crippen molar-refractivity contribution in [2.75, 3.05) is 0 Å². The minimum absolute atomic E-state index is 0.261. The van der Waals surface area contributed by atoms with E-state index in [4.69, 9.17) is 0 Å². The van der Waals surface area contributed by atoms with E-state index in [0.29, 0.717) is 19.3 Å². The lowest BCUT2D eigenvalue weighted by molar-refractivity contribution is -0.144. The summed E-state index contributed by atoms with van der Waals surface area (Å²) >= 11 is 0. The molecule has 2 aliphatic carbocycles. The van der Waals surface area contributed by atoms with Crippen LogP contribution in [0.25, 0.3) is 0 Å². The third kappa shape index (κ3) is 3.80. The number of carbonyl (C=O) groups is 2. The Bertz CT molecular complexity index is 671. The second-order valence-corrected chi connectivity index (χ2v) is 7.79. The lowest BCUT2D eigenvalue weighted by Crippen LogP contribution is -2.15. The quantitative estimate of drug-likeness (QED) is 0.599. The van der Waals surface area contributed by atoms with Gasteiger partial charge in [0.05, 0.1) is 10.8 Å². The molecule has 3 rings (SSSR count). The van der Waals surface area contributed by atoms with E-state index in [1.165, 1.54) is 0 Å². The third-order valence-corrected chi connectivity index (χ3v) is 6.05. The number of aromatic hydroxyl groups is 1. The number of carboxylic acid groups (broad SMARTS) is 2. The maximum atomic E-state index is 11.3. The van der Waals surface area contributed by atoms with Crippen LogP contribution in [0.1, 0.15) is 62.5 Å². The van der Waals surface area contributed by atoms with Crippen LogP contribution in [0.5, 0.6) is 5.75 Å². The molecule has 1 aromatic rings. The SMILES string of the molecule is O=C(O)C1(CCCc2cccc(O)c2CCCC2(C(=O)O)CC2)CC1. The zero-order chi connectivity index (χ0) is 18.1. The molecule has 136 valence electrons. The number of phenolic OH excluding ortho intramolecular Hbond substituents is 1. The van der Waals surface area contributed by atoms with E-state index in [9.17, 15) is 24.9 Å². The van der Waals surface area contributed by atoms with Crippen molar-refractivity contribution in [2.45, 2.75) is 64.2 Å². The van der Waals surface area contributed by atoms with Crippen LogP contribution >= 0.6 is 0 Å². The summed E-state index contributed by atoms with van der Waals surface area (Å²) < 4.78 is 0. The van der Waals surface area contributed by atoms with Gasteiger partial charge in [-0.3, -0.25) is 9.59 Å². The number of rotatable bonds is 10. The van der Waals surface area contributed by atoms with Crippen LogP contribution in [0.2, 0.25) is 0 Å². The van der Waals surface area contributed by atoms with Gasteiger partial charge in [0.25, 0.3) is 0 Å². The average Bonchev–Trinajstić information content (AvgIpc) is 3.45. The van der Waals surface area contributed by atoms with E-state index in [-0.39, 0.29) is 5.75 Å². The van der Waals surface area contributed by atoms with E-state index in [0.717, 1.165) is 56.1 Å². The Hall–Kier alpha value is -2.04. The Morgan fingerprint density at radius 3 is 1.88 bits per heavy atom. The topological polar surface area (TPSA) is 94.8 Å². The smallest absolute Gasteiger partial charge is 0.309 e. The first-order valence-electron chi connectivity index (χ1n) is 9.15. The predicted molar refractivity (Wildman–Crippen MR) is 92.6 cm³/mol. The van der Waals surface area contributed by atoms with Gasteiger partial charge in [-0.1, -0.05) is 12.1 Å². The minimum Gasteiger partial charge on any atom is -0.508 e. The zero-order valence-corrected chi connectivity index (χ0v) is 14.5. The molecule has 25 heavy (non-hydrogen) atoms. The van der Waals surface area contributed by atoms with Gasteiger partial charge in [-0.25, -0.2) is 0 Å². The van der Waals surface area contributed by atoms with Crippen LogP contribution in [-0.2, 0) is 22.4 Å². The third-order valence-electron chi connectivity index (χ3n) is 6.05. The molecule has 0 spiro atoms. The predicted octanol–water partition coefficient (Wildman–Crippen LogP) is 3.77. The summed E-state index contributed by atoms with van der Waals surface area (Å²) in [6.45, 7) is 0. The summed E-state index contributed by atoms with van der Waals surface area (Å²) in [5.41, 5.74) is 0.923. The number of aryl methyl sites for hydroxylation is 1. The van der Waals surface area contributed by atoms with Crippen LogP contribution in [0.15, 0.2) is 18.2 Å². The monoisotopic (exact) mass is 346 g/mol. The molecule has 0 amide bonds. The summed E-state index contributed by atoms with van der Waals surface area (Å²) in [6.07, 6.45) is 7.35. The van der Waals surface area contributed by atoms with Crippen LogP contribution in [-0.4, -0.2) is 27.3 Å². The van der Waals surface area contributed by atoms with Gasteiger partial charge in [-0.15, -0.1) is 0 Å². The van der Waals surface area contributed by atoms with Crippen molar-refractivity contribution in [2.24, 2.45) is 10.8 Å². The Balaban J connectivity index is 1.56. The Kier molecular flexibility index (Phi) is 4.76. The molecular weight excluding hydrogens is 320 g/mol. The summed E-state index contributed by atoms with van der Waals surface area (Å²) in [6, 6.07) is 5.47. The number of hydrogen-bond donors (Lipinski definition) is 3. The van der Waals surface area contributed by atoms with E-state index in [1.54, 1.807) is 6.07 Å². The molecule has 0 radical (unpaired) electrons. The van der Waals surface area contributed by atoms with Gasteiger partial charge in [0.15, 0.2) is 0 Å². The summed E-state index contributed by atoms with van der Waals surface area (Å²) in [5, 5.41) is 28.7. The van der Waals surface area contributed by atoms with Gasteiger partial charge in [0.2, 0.25) is 0 Å². The summed E-state index contributed by atoms with van der Waals surface area (Å²) in [4.78, 5) is 22.5. The minimum atomic E-state index is -0.701. The number of carboxylic acids is 2. The largest absolute Gasteiger partial charge is 0.508 e. The number of benzene rings is 1. The molecule has 5 nitrogen and oxygen atoms in total. The molecule has 0 bridgehead atoms. The highest BCUT2D eigenvalue weighted by molar-refractivity contribution is 5.78. The molecule has 0 unspecified atom stereocenters. The lowest BCUT2D eigenvalue weighted by atomic mass is 9.91. The number of hydrogen-bond acceptors (Lipinski definition) is 3. The van der Waals surface area contributed by atoms with Crippen molar-refractivity contribution in [3.8, 4) is 5.75 Å². The molecular formula is C20H26O5. The van der Waals surface area contributed by atoms with Crippen molar-refractivity contribution in [1.82, 2.24) is 0 Å². The maximum Gasteiger partial charge on any atom is 0.309 e. The second-order valence-electron chi connectivity index (χ2n) is 7.79. The standard InChI is InChI=1S/C20H26O5/c21-16-7-1-4-14(5-2-8-19(10-11-19)17(22)23)15(16)6-3-9-20(12-13-20)18(24)25/h1,4,7,21H,2-3,5-6,8-13H2,(H,22,23)(H,24,25).